The zero-order chi connectivity index (χ0) is 17.3. The van der Waals surface area contributed by atoms with Crippen molar-refractivity contribution in [1.82, 2.24) is 0 Å². The molecule has 0 aromatic heterocycles. The molecule has 0 atom stereocenters. The third-order valence-electron chi connectivity index (χ3n) is 5.28. The lowest BCUT2D eigenvalue weighted by Crippen LogP contribution is -2.13. The predicted octanol–water partition coefficient (Wildman–Crippen LogP) is 7.18. The first-order chi connectivity index (χ1) is 11.2. The maximum absolute atomic E-state index is 2.35. The van der Waals surface area contributed by atoms with Gasteiger partial charge in [0.25, 0.3) is 0 Å². The molecule has 0 saturated carbocycles. The average molecular weight is 314 g/mol. The Kier molecular flexibility index (Phi) is 3.04. The third-order valence-corrected chi connectivity index (χ3v) is 5.28. The van der Waals surface area contributed by atoms with Crippen LogP contribution in [0.4, 0.5) is 0 Å². The van der Waals surface area contributed by atoms with Crippen LogP contribution in [0.2, 0.25) is 0 Å². The predicted molar refractivity (Wildman–Crippen MR) is 108 cm³/mol. The van der Waals surface area contributed by atoms with Crippen LogP contribution in [0.25, 0.3) is 32.3 Å². The summed E-state index contributed by atoms with van der Waals surface area (Å²) in [7, 11) is 0. The van der Waals surface area contributed by atoms with E-state index in [1.165, 1.54) is 43.4 Å². The van der Waals surface area contributed by atoms with E-state index in [0.29, 0.717) is 0 Å². The molecular formula is C24H26. The van der Waals surface area contributed by atoms with Crippen molar-refractivity contribution >= 4 is 32.3 Å². The smallest absolute Gasteiger partial charge is 0.00237 e. The van der Waals surface area contributed by atoms with E-state index in [1.54, 1.807) is 0 Å². The SMILES string of the molecule is CC(C)(C)c1ccc2ccc3ccc(C(C)(C)C)c4ccc1c2c34. The van der Waals surface area contributed by atoms with E-state index in [-0.39, 0.29) is 10.8 Å². The van der Waals surface area contributed by atoms with Crippen LogP contribution in [0.15, 0.2) is 48.5 Å². The minimum absolute atomic E-state index is 0.148. The molecule has 0 saturated heterocycles. The first-order valence-corrected chi connectivity index (χ1v) is 8.89. The summed E-state index contributed by atoms with van der Waals surface area (Å²) in [5.74, 6) is 0. The van der Waals surface area contributed by atoms with Crippen LogP contribution in [-0.2, 0) is 10.8 Å². The van der Waals surface area contributed by atoms with Gasteiger partial charge >= 0.3 is 0 Å². The molecule has 0 aliphatic heterocycles. The highest BCUT2D eigenvalue weighted by Crippen LogP contribution is 2.42. The summed E-state index contributed by atoms with van der Waals surface area (Å²) in [5.41, 5.74) is 3.17. The molecule has 0 heterocycles. The Bertz CT molecular complexity index is 966. The first kappa shape index (κ1) is 15.4. The highest BCUT2D eigenvalue weighted by Gasteiger charge is 2.22. The molecule has 122 valence electrons. The van der Waals surface area contributed by atoms with Crippen molar-refractivity contribution in [2.24, 2.45) is 0 Å². The molecule has 0 nitrogen and oxygen atoms in total. The largest absolute Gasteiger partial charge is 0.0573 e. The van der Waals surface area contributed by atoms with E-state index in [1.807, 2.05) is 0 Å². The first-order valence-electron chi connectivity index (χ1n) is 8.89. The Morgan fingerprint density at radius 2 is 0.792 bits per heavy atom. The second kappa shape index (κ2) is 4.72. The topological polar surface area (TPSA) is 0 Å². The van der Waals surface area contributed by atoms with Gasteiger partial charge in [0.2, 0.25) is 0 Å². The molecule has 0 bridgehead atoms. The van der Waals surface area contributed by atoms with Crippen LogP contribution >= 0.6 is 0 Å². The van der Waals surface area contributed by atoms with Crippen molar-refractivity contribution in [2.45, 2.75) is 52.4 Å². The second-order valence-corrected chi connectivity index (χ2v) is 9.15. The standard InChI is InChI=1S/C24H26/c1-23(2,3)19-13-9-15-7-8-16-10-14-20(24(4,5)6)18-12-11-17(19)21(15)22(16)18/h7-14H,1-6H3. The molecule has 0 unspecified atom stereocenters. The van der Waals surface area contributed by atoms with E-state index < -0.39 is 0 Å². The Balaban J connectivity index is 2.26. The van der Waals surface area contributed by atoms with Gasteiger partial charge in [0.15, 0.2) is 0 Å². The monoisotopic (exact) mass is 314 g/mol. The Morgan fingerprint density at radius 1 is 0.458 bits per heavy atom. The molecule has 0 amide bonds. The lowest BCUT2D eigenvalue weighted by molar-refractivity contribution is 0.595. The number of benzene rings is 4. The molecule has 4 aromatic rings. The summed E-state index contributed by atoms with van der Waals surface area (Å²) in [6.07, 6.45) is 0. The molecule has 0 heteroatoms. The van der Waals surface area contributed by atoms with Gasteiger partial charge in [-0.2, -0.15) is 0 Å². The zero-order valence-electron chi connectivity index (χ0n) is 15.6. The minimum atomic E-state index is 0.148. The van der Waals surface area contributed by atoms with Crippen molar-refractivity contribution < 1.29 is 0 Å². The van der Waals surface area contributed by atoms with Crippen LogP contribution in [-0.4, -0.2) is 0 Å². The Labute approximate surface area is 144 Å². The van der Waals surface area contributed by atoms with E-state index >= 15 is 0 Å². The van der Waals surface area contributed by atoms with Gasteiger partial charge in [-0.15, -0.1) is 0 Å². The summed E-state index contributed by atoms with van der Waals surface area (Å²) in [6.45, 7) is 13.8. The van der Waals surface area contributed by atoms with Crippen molar-refractivity contribution in [1.29, 1.82) is 0 Å². The summed E-state index contributed by atoms with van der Waals surface area (Å²) in [5, 5.41) is 8.38. The Hall–Kier alpha value is -2.08. The fraction of sp³-hybridized carbons (Fsp3) is 0.333. The van der Waals surface area contributed by atoms with Crippen molar-refractivity contribution in [3.63, 3.8) is 0 Å². The van der Waals surface area contributed by atoms with Gasteiger partial charge in [0.1, 0.15) is 0 Å². The molecule has 0 aliphatic carbocycles. The maximum atomic E-state index is 2.35. The van der Waals surface area contributed by atoms with Gasteiger partial charge in [-0.1, -0.05) is 90.1 Å². The highest BCUT2D eigenvalue weighted by molar-refractivity contribution is 6.24. The van der Waals surface area contributed by atoms with Gasteiger partial charge in [0.05, 0.1) is 0 Å². The van der Waals surface area contributed by atoms with Crippen molar-refractivity contribution in [2.75, 3.05) is 0 Å². The molecule has 4 aromatic carbocycles. The van der Waals surface area contributed by atoms with E-state index in [4.69, 9.17) is 0 Å². The summed E-state index contributed by atoms with van der Waals surface area (Å²) < 4.78 is 0. The Morgan fingerprint density at radius 3 is 1.12 bits per heavy atom. The van der Waals surface area contributed by atoms with Crippen LogP contribution in [0, 0.1) is 0 Å². The van der Waals surface area contributed by atoms with Gasteiger partial charge in [0, 0.05) is 0 Å². The number of hydrogen-bond acceptors (Lipinski definition) is 0. The number of hydrogen-bond donors (Lipinski definition) is 0. The molecule has 0 aliphatic rings. The maximum Gasteiger partial charge on any atom is -0.00237 e. The molecule has 4 rings (SSSR count). The van der Waals surface area contributed by atoms with E-state index in [2.05, 4.69) is 90.1 Å². The average Bonchev–Trinajstić information content (AvgIpc) is 2.50. The van der Waals surface area contributed by atoms with Gasteiger partial charge in [-0.05, 0) is 54.3 Å². The van der Waals surface area contributed by atoms with Gasteiger partial charge < -0.3 is 0 Å². The molecular weight excluding hydrogens is 288 g/mol. The van der Waals surface area contributed by atoms with E-state index in [9.17, 15) is 0 Å². The van der Waals surface area contributed by atoms with Crippen LogP contribution in [0.3, 0.4) is 0 Å². The molecule has 24 heavy (non-hydrogen) atoms. The lowest BCUT2D eigenvalue weighted by atomic mass is 9.78. The van der Waals surface area contributed by atoms with Crippen LogP contribution in [0.1, 0.15) is 52.7 Å². The van der Waals surface area contributed by atoms with Crippen LogP contribution < -0.4 is 0 Å². The number of rotatable bonds is 0. The fourth-order valence-corrected chi connectivity index (χ4v) is 4.11. The minimum Gasteiger partial charge on any atom is -0.0573 e. The molecule has 0 radical (unpaired) electrons. The van der Waals surface area contributed by atoms with Gasteiger partial charge in [-0.25, -0.2) is 0 Å². The summed E-state index contributed by atoms with van der Waals surface area (Å²) in [6, 6.07) is 18.5. The molecule has 0 N–H and O–H groups in total. The summed E-state index contributed by atoms with van der Waals surface area (Å²) >= 11 is 0. The van der Waals surface area contributed by atoms with Crippen LogP contribution in [0.5, 0.6) is 0 Å². The molecule has 0 spiro atoms. The lowest BCUT2D eigenvalue weighted by Gasteiger charge is -2.26. The van der Waals surface area contributed by atoms with Crippen molar-refractivity contribution in [3.05, 3.63) is 59.7 Å². The van der Waals surface area contributed by atoms with E-state index in [0.717, 1.165) is 0 Å². The zero-order valence-corrected chi connectivity index (χ0v) is 15.6. The second-order valence-electron chi connectivity index (χ2n) is 9.15. The molecule has 0 fully saturated rings. The fourth-order valence-electron chi connectivity index (χ4n) is 4.11. The summed E-state index contributed by atoms with van der Waals surface area (Å²) in [4.78, 5) is 0. The highest BCUT2D eigenvalue weighted by atomic mass is 14.3. The quantitative estimate of drug-likeness (QED) is 0.301. The van der Waals surface area contributed by atoms with Crippen molar-refractivity contribution in [3.8, 4) is 0 Å². The third kappa shape index (κ3) is 2.13. The van der Waals surface area contributed by atoms with Gasteiger partial charge in [-0.3, -0.25) is 0 Å². The normalized spacial score (nSPS) is 13.4.